The first-order valence-corrected chi connectivity index (χ1v) is 6.73. The summed E-state index contributed by atoms with van der Waals surface area (Å²) < 4.78 is 37.2. The number of carbonyl (C=O) groups excluding carboxylic acids is 1. The maximum absolute atomic E-state index is 12.4. The van der Waals surface area contributed by atoms with E-state index >= 15 is 0 Å². The number of hydrogen-bond acceptors (Lipinski definition) is 4. The van der Waals surface area contributed by atoms with Gasteiger partial charge in [0.15, 0.2) is 5.16 Å². The molecule has 0 unspecified atom stereocenters. The van der Waals surface area contributed by atoms with Crippen LogP contribution in [0.2, 0.25) is 0 Å². The summed E-state index contributed by atoms with van der Waals surface area (Å²) in [5.74, 6) is 0.380. The smallest absolute Gasteiger partial charge is 0.355 e. The zero-order valence-electron chi connectivity index (χ0n) is 9.91. The number of thioether (sulfide) groups is 1. The van der Waals surface area contributed by atoms with Crippen molar-refractivity contribution in [3.05, 3.63) is 18.0 Å². The molecule has 0 saturated heterocycles. The molecule has 1 amide bonds. The predicted molar refractivity (Wildman–Crippen MR) is 63.5 cm³/mol. The second-order valence-corrected chi connectivity index (χ2v) is 5.20. The van der Waals surface area contributed by atoms with Crippen LogP contribution in [-0.2, 0) is 11.0 Å². The number of nitrogens with one attached hydrogen (secondary N) is 1. The number of hydrogen-bond donors (Lipinski definition) is 1. The molecule has 0 radical (unpaired) electrons. The fraction of sp³-hybridized carbons (Fsp3) is 0.545. The quantitative estimate of drug-likeness (QED) is 0.667. The van der Waals surface area contributed by atoms with Crippen molar-refractivity contribution >= 4 is 17.7 Å². The van der Waals surface area contributed by atoms with Gasteiger partial charge in [0.25, 0.3) is 0 Å². The van der Waals surface area contributed by atoms with Crippen molar-refractivity contribution in [2.45, 2.75) is 24.2 Å². The van der Waals surface area contributed by atoms with E-state index in [2.05, 4.69) is 15.3 Å². The average molecular weight is 291 g/mol. The molecule has 1 aromatic rings. The summed E-state index contributed by atoms with van der Waals surface area (Å²) in [5, 5.41) is 2.68. The maximum atomic E-state index is 12.4. The summed E-state index contributed by atoms with van der Waals surface area (Å²) in [6.07, 6.45) is -1.19. The van der Waals surface area contributed by atoms with Gasteiger partial charge in [0.2, 0.25) is 5.91 Å². The molecule has 1 aliphatic rings. The van der Waals surface area contributed by atoms with Gasteiger partial charge in [-0.1, -0.05) is 11.8 Å². The lowest BCUT2D eigenvalue weighted by Gasteiger charge is -2.06. The van der Waals surface area contributed by atoms with Crippen molar-refractivity contribution < 1.29 is 18.0 Å². The molecule has 104 valence electrons. The normalized spacial score (nSPS) is 15.3. The molecule has 0 aliphatic heterocycles. The van der Waals surface area contributed by atoms with Crippen molar-refractivity contribution in [1.29, 1.82) is 0 Å². The molecule has 0 bridgehead atoms. The molecule has 1 fully saturated rings. The Bertz CT molecular complexity index is 463. The minimum Gasteiger partial charge on any atom is -0.355 e. The van der Waals surface area contributed by atoms with Gasteiger partial charge in [0.05, 0.1) is 5.75 Å². The Morgan fingerprint density at radius 2 is 2.21 bits per heavy atom. The summed E-state index contributed by atoms with van der Waals surface area (Å²) in [6.45, 7) is 0.642. The van der Waals surface area contributed by atoms with Crippen LogP contribution < -0.4 is 5.32 Å². The number of nitrogens with zero attached hydrogens (tertiary/aromatic N) is 2. The summed E-state index contributed by atoms with van der Waals surface area (Å²) >= 11 is 0.897. The highest BCUT2D eigenvalue weighted by molar-refractivity contribution is 7.99. The number of carbonyl (C=O) groups is 1. The van der Waals surface area contributed by atoms with Crippen LogP contribution in [-0.4, -0.2) is 28.2 Å². The first kappa shape index (κ1) is 14.1. The molecule has 1 aromatic heterocycles. The highest BCUT2D eigenvalue weighted by Gasteiger charge is 2.32. The Hall–Kier alpha value is -1.31. The van der Waals surface area contributed by atoms with Gasteiger partial charge in [0, 0.05) is 12.7 Å². The van der Waals surface area contributed by atoms with Crippen LogP contribution in [0.3, 0.4) is 0 Å². The van der Waals surface area contributed by atoms with Crippen molar-refractivity contribution in [2.75, 3.05) is 12.3 Å². The Kier molecular flexibility index (Phi) is 4.28. The molecule has 1 N–H and O–H groups in total. The Morgan fingerprint density at radius 1 is 1.47 bits per heavy atom. The average Bonchev–Trinajstić information content (AvgIpc) is 3.17. The summed E-state index contributed by atoms with van der Waals surface area (Å²) in [5.41, 5.74) is -0.997. The van der Waals surface area contributed by atoms with Gasteiger partial charge in [-0.2, -0.15) is 13.2 Å². The number of amides is 1. The highest BCUT2D eigenvalue weighted by atomic mass is 32.2. The monoisotopic (exact) mass is 291 g/mol. The largest absolute Gasteiger partial charge is 0.433 e. The van der Waals surface area contributed by atoms with E-state index in [-0.39, 0.29) is 16.8 Å². The van der Waals surface area contributed by atoms with Crippen LogP contribution in [0.4, 0.5) is 13.2 Å². The van der Waals surface area contributed by atoms with E-state index in [0.29, 0.717) is 12.5 Å². The van der Waals surface area contributed by atoms with Gasteiger partial charge in [0.1, 0.15) is 5.69 Å². The lowest BCUT2D eigenvalue weighted by Crippen LogP contribution is -2.27. The Balaban J connectivity index is 1.83. The van der Waals surface area contributed by atoms with Crippen LogP contribution >= 0.6 is 11.8 Å². The lowest BCUT2D eigenvalue weighted by atomic mass is 10.4. The molecule has 8 heteroatoms. The molecule has 1 aliphatic carbocycles. The molecule has 19 heavy (non-hydrogen) atoms. The van der Waals surface area contributed by atoms with Crippen molar-refractivity contribution in [2.24, 2.45) is 5.92 Å². The van der Waals surface area contributed by atoms with Gasteiger partial charge in [-0.15, -0.1) is 0 Å². The number of alkyl halides is 3. The van der Waals surface area contributed by atoms with Crippen molar-refractivity contribution in [3.63, 3.8) is 0 Å². The van der Waals surface area contributed by atoms with Crippen LogP contribution in [0.25, 0.3) is 0 Å². The molecule has 0 atom stereocenters. The third kappa shape index (κ3) is 4.70. The third-order valence-corrected chi connectivity index (χ3v) is 3.40. The van der Waals surface area contributed by atoms with Crippen molar-refractivity contribution in [1.82, 2.24) is 15.3 Å². The molecule has 4 nitrogen and oxygen atoms in total. The van der Waals surface area contributed by atoms with Crippen LogP contribution in [0.1, 0.15) is 18.5 Å². The molecular formula is C11H12F3N3OS. The van der Waals surface area contributed by atoms with E-state index in [1.54, 1.807) is 0 Å². The topological polar surface area (TPSA) is 54.9 Å². The molecule has 0 aromatic carbocycles. The molecule has 1 saturated carbocycles. The van der Waals surface area contributed by atoms with E-state index in [1.807, 2.05) is 0 Å². The Morgan fingerprint density at radius 3 is 2.84 bits per heavy atom. The van der Waals surface area contributed by atoms with Crippen LogP contribution in [0, 0.1) is 5.92 Å². The Labute approximate surface area is 112 Å². The minimum absolute atomic E-state index is 0.0219. The van der Waals surface area contributed by atoms with Crippen LogP contribution in [0.5, 0.6) is 0 Å². The first-order valence-electron chi connectivity index (χ1n) is 5.75. The van der Waals surface area contributed by atoms with Crippen LogP contribution in [0.15, 0.2) is 17.4 Å². The van der Waals surface area contributed by atoms with Crippen molar-refractivity contribution in [3.8, 4) is 0 Å². The fourth-order valence-electron chi connectivity index (χ4n) is 1.33. The van der Waals surface area contributed by atoms with Gasteiger partial charge >= 0.3 is 6.18 Å². The second-order valence-electron chi connectivity index (χ2n) is 4.26. The lowest BCUT2D eigenvalue weighted by molar-refractivity contribution is -0.141. The van der Waals surface area contributed by atoms with E-state index < -0.39 is 11.9 Å². The highest BCUT2D eigenvalue weighted by Crippen LogP contribution is 2.29. The van der Waals surface area contributed by atoms with E-state index in [9.17, 15) is 18.0 Å². The second kappa shape index (κ2) is 5.77. The van der Waals surface area contributed by atoms with E-state index in [1.165, 1.54) is 0 Å². The molecule has 2 rings (SSSR count). The van der Waals surface area contributed by atoms with Gasteiger partial charge in [-0.05, 0) is 24.8 Å². The standard InChI is InChI=1S/C11H12F3N3OS/c12-11(13,14)8-3-4-15-10(17-8)19-6-9(18)16-5-7-1-2-7/h3-4,7H,1-2,5-6H2,(H,16,18). The van der Waals surface area contributed by atoms with E-state index in [4.69, 9.17) is 0 Å². The fourth-order valence-corrected chi connectivity index (χ4v) is 1.99. The molecule has 0 spiro atoms. The predicted octanol–water partition coefficient (Wildman–Crippen LogP) is 2.11. The van der Waals surface area contributed by atoms with Gasteiger partial charge in [-0.25, -0.2) is 9.97 Å². The summed E-state index contributed by atoms with van der Waals surface area (Å²) in [4.78, 5) is 18.5. The van der Waals surface area contributed by atoms with E-state index in [0.717, 1.165) is 36.9 Å². The summed E-state index contributed by atoms with van der Waals surface area (Å²) in [7, 11) is 0. The summed E-state index contributed by atoms with van der Waals surface area (Å²) in [6, 6.07) is 0.803. The number of aromatic nitrogens is 2. The van der Waals surface area contributed by atoms with Gasteiger partial charge < -0.3 is 5.32 Å². The number of halogens is 3. The first-order chi connectivity index (χ1) is 8.95. The number of rotatable bonds is 5. The molecule has 1 heterocycles. The molecular weight excluding hydrogens is 279 g/mol. The SMILES string of the molecule is O=C(CSc1nccc(C(F)(F)F)n1)NCC1CC1. The van der Waals surface area contributed by atoms with Gasteiger partial charge in [-0.3, -0.25) is 4.79 Å². The zero-order chi connectivity index (χ0) is 13.9. The minimum atomic E-state index is -4.49. The maximum Gasteiger partial charge on any atom is 0.433 e. The zero-order valence-corrected chi connectivity index (χ0v) is 10.7. The third-order valence-electron chi connectivity index (χ3n) is 2.54.